The first-order valence-electron chi connectivity index (χ1n) is 5.90. The molecule has 0 atom stereocenters. The molecule has 2 aromatic rings. The predicted octanol–water partition coefficient (Wildman–Crippen LogP) is 3.95. The number of aryl methyl sites for hydroxylation is 2. The molecule has 0 amide bonds. The number of carbonyl (C=O) groups is 1. The van der Waals surface area contributed by atoms with Gasteiger partial charge in [0.1, 0.15) is 11.6 Å². The Morgan fingerprint density at radius 2 is 1.95 bits per heavy atom. The number of anilines is 1. The maximum Gasteiger partial charge on any atom is 0.338 e. The number of hydrogen-bond donors (Lipinski definition) is 2. The van der Waals surface area contributed by atoms with E-state index in [0.29, 0.717) is 12.6 Å². The Morgan fingerprint density at radius 1 is 1.25 bits per heavy atom. The van der Waals surface area contributed by atoms with E-state index in [-0.39, 0.29) is 5.69 Å². The van der Waals surface area contributed by atoms with Crippen molar-refractivity contribution in [2.45, 2.75) is 20.4 Å². The minimum absolute atomic E-state index is 0.0212. The van der Waals surface area contributed by atoms with Gasteiger partial charge in [-0.25, -0.2) is 13.6 Å². The molecule has 0 aliphatic rings. The number of rotatable bonds is 4. The van der Waals surface area contributed by atoms with Gasteiger partial charge in [0.25, 0.3) is 0 Å². The van der Waals surface area contributed by atoms with E-state index >= 15 is 0 Å². The quantitative estimate of drug-likeness (QED) is 0.898. The summed E-state index contributed by atoms with van der Waals surface area (Å²) in [6.45, 7) is 4.29. The van der Waals surface area contributed by atoms with Crippen LogP contribution in [0.25, 0.3) is 0 Å². The largest absolute Gasteiger partial charge is 0.478 e. The summed E-state index contributed by atoms with van der Waals surface area (Å²) >= 11 is 1.63. The molecule has 0 fully saturated rings. The Balaban J connectivity index is 2.23. The van der Waals surface area contributed by atoms with Gasteiger partial charge in [-0.05, 0) is 31.5 Å². The van der Waals surface area contributed by atoms with Gasteiger partial charge < -0.3 is 10.4 Å². The van der Waals surface area contributed by atoms with Gasteiger partial charge in [-0.2, -0.15) is 0 Å². The number of carboxylic acids is 1. The SMILES string of the molecule is Cc1cc(CNc2cc(C(=O)O)c(F)cc2F)c(C)s1. The van der Waals surface area contributed by atoms with Crippen LogP contribution in [-0.2, 0) is 6.54 Å². The predicted molar refractivity (Wildman–Crippen MR) is 74.4 cm³/mol. The summed E-state index contributed by atoms with van der Waals surface area (Å²) in [4.78, 5) is 13.1. The topological polar surface area (TPSA) is 49.3 Å². The average molecular weight is 297 g/mol. The van der Waals surface area contributed by atoms with E-state index in [2.05, 4.69) is 5.32 Å². The maximum absolute atomic E-state index is 13.6. The fourth-order valence-electron chi connectivity index (χ4n) is 1.90. The van der Waals surface area contributed by atoms with E-state index in [9.17, 15) is 13.6 Å². The van der Waals surface area contributed by atoms with Crippen molar-refractivity contribution < 1.29 is 18.7 Å². The molecular weight excluding hydrogens is 284 g/mol. The molecule has 0 unspecified atom stereocenters. The second kappa shape index (κ2) is 5.58. The summed E-state index contributed by atoms with van der Waals surface area (Å²) in [6, 6.07) is 3.53. The van der Waals surface area contributed by atoms with E-state index in [0.717, 1.165) is 21.4 Å². The highest BCUT2D eigenvalue weighted by Crippen LogP contribution is 2.24. The molecule has 1 heterocycles. The molecule has 0 saturated carbocycles. The average Bonchev–Trinajstić information content (AvgIpc) is 2.66. The third-order valence-electron chi connectivity index (χ3n) is 2.90. The van der Waals surface area contributed by atoms with Crippen LogP contribution in [0.2, 0.25) is 0 Å². The summed E-state index contributed by atoms with van der Waals surface area (Å²) in [5, 5.41) is 11.6. The molecule has 1 aromatic carbocycles. The fourth-order valence-corrected chi connectivity index (χ4v) is 2.84. The van der Waals surface area contributed by atoms with Crippen molar-refractivity contribution in [1.29, 1.82) is 0 Å². The number of aromatic carboxylic acids is 1. The first-order valence-corrected chi connectivity index (χ1v) is 6.72. The van der Waals surface area contributed by atoms with Gasteiger partial charge in [-0.3, -0.25) is 0 Å². The molecule has 0 aliphatic heterocycles. The summed E-state index contributed by atoms with van der Waals surface area (Å²) < 4.78 is 26.9. The lowest BCUT2D eigenvalue weighted by Crippen LogP contribution is -2.06. The standard InChI is InChI=1S/C14H13F2NO2S/c1-7-3-9(8(2)20-7)6-17-13-4-10(14(18)19)11(15)5-12(13)16/h3-5,17H,6H2,1-2H3,(H,18,19). The maximum atomic E-state index is 13.6. The zero-order valence-electron chi connectivity index (χ0n) is 11.0. The Bertz CT molecular complexity index is 667. The van der Waals surface area contributed by atoms with Gasteiger partial charge in [-0.1, -0.05) is 0 Å². The van der Waals surface area contributed by atoms with Crippen molar-refractivity contribution in [1.82, 2.24) is 0 Å². The number of benzene rings is 1. The smallest absolute Gasteiger partial charge is 0.338 e. The second-order valence-corrected chi connectivity index (χ2v) is 5.87. The van der Waals surface area contributed by atoms with Gasteiger partial charge in [0.05, 0.1) is 11.3 Å². The molecule has 20 heavy (non-hydrogen) atoms. The molecule has 3 nitrogen and oxygen atoms in total. The van der Waals surface area contributed by atoms with Crippen molar-refractivity contribution >= 4 is 23.0 Å². The highest BCUT2D eigenvalue weighted by atomic mass is 32.1. The highest BCUT2D eigenvalue weighted by Gasteiger charge is 2.15. The fraction of sp³-hybridized carbons (Fsp3) is 0.214. The summed E-state index contributed by atoms with van der Waals surface area (Å²) in [5.74, 6) is -3.31. The van der Waals surface area contributed by atoms with E-state index < -0.39 is 23.2 Å². The van der Waals surface area contributed by atoms with Crippen LogP contribution >= 0.6 is 11.3 Å². The Labute approximate surface area is 118 Å². The Morgan fingerprint density at radius 3 is 2.50 bits per heavy atom. The summed E-state index contributed by atoms with van der Waals surface area (Å²) in [7, 11) is 0. The zero-order valence-corrected chi connectivity index (χ0v) is 11.8. The molecule has 1 aromatic heterocycles. The van der Waals surface area contributed by atoms with Crippen LogP contribution in [0.5, 0.6) is 0 Å². The van der Waals surface area contributed by atoms with Crippen LogP contribution in [0, 0.1) is 25.5 Å². The van der Waals surface area contributed by atoms with E-state index in [4.69, 9.17) is 5.11 Å². The van der Waals surface area contributed by atoms with Crippen molar-refractivity contribution in [3.8, 4) is 0 Å². The molecule has 2 rings (SSSR count). The molecule has 0 saturated heterocycles. The number of nitrogens with one attached hydrogen (secondary N) is 1. The van der Waals surface area contributed by atoms with E-state index in [1.165, 1.54) is 0 Å². The molecule has 0 spiro atoms. The van der Waals surface area contributed by atoms with E-state index in [1.54, 1.807) is 11.3 Å². The number of carboxylic acid groups (broad SMARTS) is 1. The lowest BCUT2D eigenvalue weighted by molar-refractivity contribution is 0.0692. The van der Waals surface area contributed by atoms with Crippen LogP contribution in [0.1, 0.15) is 25.7 Å². The molecule has 0 aliphatic carbocycles. The molecular formula is C14H13F2NO2S. The lowest BCUT2D eigenvalue weighted by Gasteiger charge is -2.09. The van der Waals surface area contributed by atoms with Gasteiger partial charge in [-0.15, -0.1) is 11.3 Å². The molecule has 6 heteroatoms. The van der Waals surface area contributed by atoms with Crippen molar-refractivity contribution in [2.75, 3.05) is 5.32 Å². The van der Waals surface area contributed by atoms with Gasteiger partial charge >= 0.3 is 5.97 Å². The highest BCUT2D eigenvalue weighted by molar-refractivity contribution is 7.12. The zero-order chi connectivity index (χ0) is 14.9. The van der Waals surface area contributed by atoms with Crippen molar-refractivity contribution in [3.63, 3.8) is 0 Å². The summed E-state index contributed by atoms with van der Waals surface area (Å²) in [5.41, 5.74) is 0.437. The van der Waals surface area contributed by atoms with Crippen molar-refractivity contribution in [2.24, 2.45) is 0 Å². The molecule has 2 N–H and O–H groups in total. The first-order chi connectivity index (χ1) is 9.38. The normalized spacial score (nSPS) is 10.6. The number of halogens is 2. The number of hydrogen-bond acceptors (Lipinski definition) is 3. The van der Waals surface area contributed by atoms with Crippen LogP contribution in [-0.4, -0.2) is 11.1 Å². The van der Waals surface area contributed by atoms with Crippen LogP contribution in [0.3, 0.4) is 0 Å². The molecule has 0 radical (unpaired) electrons. The minimum atomic E-state index is -1.42. The van der Waals surface area contributed by atoms with Crippen LogP contribution in [0.4, 0.5) is 14.5 Å². The minimum Gasteiger partial charge on any atom is -0.478 e. The van der Waals surface area contributed by atoms with Crippen LogP contribution < -0.4 is 5.32 Å². The first kappa shape index (κ1) is 14.5. The monoisotopic (exact) mass is 297 g/mol. The Hall–Kier alpha value is -1.95. The lowest BCUT2D eigenvalue weighted by atomic mass is 10.1. The number of thiophene rings is 1. The third-order valence-corrected chi connectivity index (χ3v) is 3.91. The summed E-state index contributed by atoms with van der Waals surface area (Å²) in [6.07, 6.45) is 0. The van der Waals surface area contributed by atoms with E-state index in [1.807, 2.05) is 19.9 Å². The molecule has 0 bridgehead atoms. The third kappa shape index (κ3) is 2.96. The molecule has 106 valence electrons. The van der Waals surface area contributed by atoms with Gasteiger partial charge in [0.2, 0.25) is 0 Å². The Kier molecular flexibility index (Phi) is 4.04. The van der Waals surface area contributed by atoms with Gasteiger partial charge in [0.15, 0.2) is 0 Å². The van der Waals surface area contributed by atoms with Crippen LogP contribution in [0.15, 0.2) is 18.2 Å². The van der Waals surface area contributed by atoms with Gasteiger partial charge in [0, 0.05) is 22.4 Å². The van der Waals surface area contributed by atoms with Crippen molar-refractivity contribution in [3.05, 3.63) is 50.7 Å². The second-order valence-electron chi connectivity index (χ2n) is 4.41.